The van der Waals surface area contributed by atoms with Crippen LogP contribution in [-0.2, 0) is 4.79 Å². The molecule has 2 rings (SSSR count). The summed E-state index contributed by atoms with van der Waals surface area (Å²) >= 11 is 0. The molecule has 0 unspecified atom stereocenters. The number of nitrogens with one attached hydrogen (secondary N) is 2. The van der Waals surface area contributed by atoms with E-state index in [4.69, 9.17) is 0 Å². The molecule has 1 heterocycles. The molecule has 2 N–H and O–H groups in total. The van der Waals surface area contributed by atoms with Gasteiger partial charge in [0.15, 0.2) is 0 Å². The third-order valence-corrected chi connectivity index (χ3v) is 3.83. The van der Waals surface area contributed by atoms with Gasteiger partial charge in [-0.2, -0.15) is 0 Å². The summed E-state index contributed by atoms with van der Waals surface area (Å²) in [6.45, 7) is 5.19. The lowest BCUT2D eigenvalue weighted by Crippen LogP contribution is -2.55. The van der Waals surface area contributed by atoms with Crippen LogP contribution in [0.2, 0.25) is 0 Å². The maximum Gasteiger partial charge on any atom is 0.321 e. The van der Waals surface area contributed by atoms with E-state index in [1.165, 1.54) is 12.7 Å². The highest BCUT2D eigenvalue weighted by atomic mass is 16.2. The van der Waals surface area contributed by atoms with E-state index in [9.17, 15) is 9.59 Å². The lowest BCUT2D eigenvalue weighted by atomic mass is 10.2. The number of urea groups is 1. The Balaban J connectivity index is 1.86. The molecule has 1 fully saturated rings. The number of piperazine rings is 1. The molecule has 0 radical (unpaired) electrons. The zero-order chi connectivity index (χ0) is 15.2. The number of carbonyl (C=O) groups excluding carboxylic acids is 2. The molecule has 1 aromatic carbocycles. The number of rotatable bonds is 3. The van der Waals surface area contributed by atoms with Crippen molar-refractivity contribution in [1.82, 2.24) is 15.5 Å². The van der Waals surface area contributed by atoms with Crippen LogP contribution in [0.15, 0.2) is 30.3 Å². The van der Waals surface area contributed by atoms with Crippen LogP contribution in [0.5, 0.6) is 0 Å². The average Bonchev–Trinajstić information content (AvgIpc) is 2.55. The molecule has 6 heteroatoms. The van der Waals surface area contributed by atoms with Crippen molar-refractivity contribution in [2.45, 2.75) is 13.0 Å². The monoisotopic (exact) mass is 290 g/mol. The van der Waals surface area contributed by atoms with Crippen molar-refractivity contribution >= 4 is 17.6 Å². The lowest BCUT2D eigenvalue weighted by Gasteiger charge is -2.38. The van der Waals surface area contributed by atoms with E-state index in [0.29, 0.717) is 0 Å². The Morgan fingerprint density at radius 2 is 1.71 bits per heavy atom. The average molecular weight is 290 g/mol. The molecule has 0 bridgehead atoms. The Kier molecular flexibility index (Phi) is 5.16. The zero-order valence-corrected chi connectivity index (χ0v) is 12.5. The molecule has 1 atom stereocenters. The minimum Gasteiger partial charge on any atom is -0.369 e. The maximum atomic E-state index is 11.9. The minimum absolute atomic E-state index is 0.262. The number of imide groups is 1. The number of anilines is 1. The summed E-state index contributed by atoms with van der Waals surface area (Å²) in [5.74, 6) is -0.262. The summed E-state index contributed by atoms with van der Waals surface area (Å²) in [5, 5.41) is 4.71. The fraction of sp³-hybridized carbons (Fsp3) is 0.467. The lowest BCUT2D eigenvalue weighted by molar-refractivity contribution is -0.124. The molecule has 114 valence electrons. The van der Waals surface area contributed by atoms with Crippen LogP contribution >= 0.6 is 0 Å². The molecule has 21 heavy (non-hydrogen) atoms. The molecule has 0 aliphatic carbocycles. The van der Waals surface area contributed by atoms with Gasteiger partial charge in [0.05, 0.1) is 6.04 Å². The second-order valence-corrected chi connectivity index (χ2v) is 5.10. The summed E-state index contributed by atoms with van der Waals surface area (Å²) in [5.41, 5.74) is 1.21. The summed E-state index contributed by atoms with van der Waals surface area (Å²) in [6, 6.07) is 9.48. The predicted molar refractivity (Wildman–Crippen MR) is 82.3 cm³/mol. The van der Waals surface area contributed by atoms with Crippen molar-refractivity contribution in [2.24, 2.45) is 0 Å². The molecule has 3 amide bonds. The van der Waals surface area contributed by atoms with Gasteiger partial charge in [-0.1, -0.05) is 18.2 Å². The first kappa shape index (κ1) is 15.3. The Morgan fingerprint density at radius 1 is 1.10 bits per heavy atom. The van der Waals surface area contributed by atoms with Crippen LogP contribution in [0.3, 0.4) is 0 Å². The Morgan fingerprint density at radius 3 is 2.29 bits per heavy atom. The first-order valence-electron chi connectivity index (χ1n) is 7.18. The summed E-state index contributed by atoms with van der Waals surface area (Å²) in [6.07, 6.45) is 0. The second-order valence-electron chi connectivity index (χ2n) is 5.10. The third kappa shape index (κ3) is 3.95. The van der Waals surface area contributed by atoms with Gasteiger partial charge in [-0.15, -0.1) is 0 Å². The number of benzene rings is 1. The molecular formula is C15H22N4O2. The van der Waals surface area contributed by atoms with Gasteiger partial charge in [0.25, 0.3) is 0 Å². The molecule has 0 saturated carbocycles. The van der Waals surface area contributed by atoms with E-state index in [2.05, 4.69) is 32.6 Å². The third-order valence-electron chi connectivity index (χ3n) is 3.83. The van der Waals surface area contributed by atoms with Crippen molar-refractivity contribution in [3.63, 3.8) is 0 Å². The van der Waals surface area contributed by atoms with Crippen molar-refractivity contribution in [3.8, 4) is 0 Å². The largest absolute Gasteiger partial charge is 0.369 e. The zero-order valence-electron chi connectivity index (χ0n) is 12.5. The van der Waals surface area contributed by atoms with Gasteiger partial charge in [0, 0.05) is 38.9 Å². The van der Waals surface area contributed by atoms with Gasteiger partial charge < -0.3 is 10.2 Å². The van der Waals surface area contributed by atoms with Crippen LogP contribution in [0.25, 0.3) is 0 Å². The van der Waals surface area contributed by atoms with Crippen molar-refractivity contribution < 1.29 is 9.59 Å². The Hall–Kier alpha value is -2.08. The summed E-state index contributed by atoms with van der Waals surface area (Å²) in [4.78, 5) is 27.5. The maximum absolute atomic E-state index is 11.9. The molecule has 1 saturated heterocycles. The minimum atomic E-state index is -0.463. The first-order valence-corrected chi connectivity index (χ1v) is 7.18. The topological polar surface area (TPSA) is 64.7 Å². The Labute approximate surface area is 125 Å². The quantitative estimate of drug-likeness (QED) is 0.858. The fourth-order valence-electron chi connectivity index (χ4n) is 2.45. The summed E-state index contributed by atoms with van der Waals surface area (Å²) in [7, 11) is 1.49. The Bertz CT molecular complexity index is 484. The number of hydrogen-bond donors (Lipinski definition) is 2. The van der Waals surface area contributed by atoms with E-state index >= 15 is 0 Å². The number of carbonyl (C=O) groups is 2. The molecule has 6 nitrogen and oxygen atoms in total. The van der Waals surface area contributed by atoms with Gasteiger partial charge in [0.1, 0.15) is 0 Å². The highest BCUT2D eigenvalue weighted by Crippen LogP contribution is 2.16. The first-order chi connectivity index (χ1) is 10.1. The fourth-order valence-corrected chi connectivity index (χ4v) is 2.45. The van der Waals surface area contributed by atoms with Gasteiger partial charge in [-0.05, 0) is 19.1 Å². The van der Waals surface area contributed by atoms with E-state index < -0.39 is 6.03 Å². The molecule has 0 spiro atoms. The van der Waals surface area contributed by atoms with Gasteiger partial charge in [-0.25, -0.2) is 4.79 Å². The molecule has 0 aromatic heterocycles. The van der Waals surface area contributed by atoms with Crippen LogP contribution in [0.1, 0.15) is 6.92 Å². The van der Waals surface area contributed by atoms with Gasteiger partial charge in [-0.3, -0.25) is 15.0 Å². The summed E-state index contributed by atoms with van der Waals surface area (Å²) < 4.78 is 0. The molecule has 1 aliphatic rings. The molecular weight excluding hydrogens is 268 g/mol. The number of para-hydroxylation sites is 1. The molecule has 1 aliphatic heterocycles. The van der Waals surface area contributed by atoms with E-state index in [-0.39, 0.29) is 11.9 Å². The normalized spacial score (nSPS) is 17.1. The smallest absolute Gasteiger partial charge is 0.321 e. The van der Waals surface area contributed by atoms with Gasteiger partial charge in [0.2, 0.25) is 5.91 Å². The van der Waals surface area contributed by atoms with Crippen molar-refractivity contribution in [2.75, 3.05) is 38.1 Å². The van der Waals surface area contributed by atoms with Crippen molar-refractivity contribution in [3.05, 3.63) is 30.3 Å². The highest BCUT2D eigenvalue weighted by Gasteiger charge is 2.26. The van der Waals surface area contributed by atoms with E-state index in [0.717, 1.165) is 26.2 Å². The van der Waals surface area contributed by atoms with Crippen LogP contribution < -0.4 is 15.5 Å². The van der Waals surface area contributed by atoms with Gasteiger partial charge >= 0.3 is 6.03 Å². The number of amides is 3. The standard InChI is InChI=1S/C15H22N4O2/c1-12(14(20)17-15(21)16-2)18-8-10-19(11-9-18)13-6-4-3-5-7-13/h3-7,12H,8-11H2,1-2H3,(H2,16,17,20,21)/t12-/m0/s1. The second kappa shape index (κ2) is 7.08. The van der Waals surface area contributed by atoms with Crippen LogP contribution in [0, 0.1) is 0 Å². The van der Waals surface area contributed by atoms with Crippen molar-refractivity contribution in [1.29, 1.82) is 0 Å². The van der Waals surface area contributed by atoms with Crippen LogP contribution in [0.4, 0.5) is 10.5 Å². The predicted octanol–water partition coefficient (Wildman–Crippen LogP) is 0.653. The highest BCUT2D eigenvalue weighted by molar-refractivity contribution is 5.96. The SMILES string of the molecule is CNC(=O)NC(=O)[C@H](C)N1CCN(c2ccccc2)CC1. The molecule has 1 aromatic rings. The van der Waals surface area contributed by atoms with E-state index in [1.807, 2.05) is 25.1 Å². The van der Waals surface area contributed by atoms with E-state index in [1.54, 1.807) is 0 Å². The van der Waals surface area contributed by atoms with Crippen LogP contribution in [-0.4, -0.2) is 56.1 Å². The number of nitrogens with zero attached hydrogens (tertiary/aromatic N) is 2. The number of hydrogen-bond acceptors (Lipinski definition) is 4.